The molecular formula is C33H31FN6O2. The summed E-state index contributed by atoms with van der Waals surface area (Å²) >= 11 is 0. The van der Waals surface area contributed by atoms with Gasteiger partial charge in [-0.1, -0.05) is 36.4 Å². The Bertz CT molecular complexity index is 1850. The van der Waals surface area contributed by atoms with Gasteiger partial charge in [0.05, 0.1) is 5.39 Å². The number of phenolic OH excluding ortho intramolecular Hbond substituents is 1. The maximum atomic E-state index is 16.6. The Morgan fingerprint density at radius 1 is 1.00 bits per heavy atom. The normalized spacial score (nSPS) is 20.3. The third-order valence-electron chi connectivity index (χ3n) is 8.88. The summed E-state index contributed by atoms with van der Waals surface area (Å²) in [6, 6.07) is 17.7. The van der Waals surface area contributed by atoms with Gasteiger partial charge in [0.2, 0.25) is 0 Å². The van der Waals surface area contributed by atoms with Gasteiger partial charge in [-0.25, -0.2) is 4.39 Å². The summed E-state index contributed by atoms with van der Waals surface area (Å²) < 4.78 is 23.0. The van der Waals surface area contributed by atoms with Gasteiger partial charge in [0.15, 0.2) is 5.82 Å². The third kappa shape index (κ3) is 4.31. The first-order chi connectivity index (χ1) is 20.5. The number of pyridine rings is 1. The number of halogens is 1. The van der Waals surface area contributed by atoms with E-state index in [2.05, 4.69) is 38.2 Å². The van der Waals surface area contributed by atoms with Crippen molar-refractivity contribution >= 4 is 27.5 Å². The molecule has 5 heterocycles. The van der Waals surface area contributed by atoms with Crippen molar-refractivity contribution in [2.24, 2.45) is 0 Å². The van der Waals surface area contributed by atoms with Crippen molar-refractivity contribution in [3.05, 3.63) is 77.7 Å². The van der Waals surface area contributed by atoms with Gasteiger partial charge in [-0.2, -0.15) is 9.97 Å². The van der Waals surface area contributed by atoms with Crippen molar-refractivity contribution in [2.75, 3.05) is 31.6 Å². The number of piperazine rings is 1. The summed E-state index contributed by atoms with van der Waals surface area (Å²) in [6.07, 6.45) is 4.74. The zero-order valence-corrected chi connectivity index (χ0v) is 23.3. The summed E-state index contributed by atoms with van der Waals surface area (Å²) in [5, 5.41) is 16.3. The van der Waals surface area contributed by atoms with E-state index in [9.17, 15) is 5.11 Å². The fourth-order valence-electron chi connectivity index (χ4n) is 6.87. The number of hydrogen-bond acceptors (Lipinski definition) is 8. The SMILES string of the molecule is CN1CCc2c(cccc2Oc2nc(N3CC4CCC(C3)N4)c3cnc(-c4cc(O)cc5ccccc45)c(F)c3n2)C1. The highest BCUT2D eigenvalue weighted by Crippen LogP contribution is 2.38. The monoisotopic (exact) mass is 562 g/mol. The molecule has 5 aromatic rings. The van der Waals surface area contributed by atoms with Crippen molar-refractivity contribution in [3.8, 4) is 28.8 Å². The van der Waals surface area contributed by atoms with Crippen molar-refractivity contribution in [3.63, 3.8) is 0 Å². The Hall–Kier alpha value is -4.34. The number of nitrogens with zero attached hydrogens (tertiary/aromatic N) is 5. The molecule has 2 bridgehead atoms. The van der Waals surface area contributed by atoms with Crippen LogP contribution in [0.5, 0.6) is 17.5 Å². The highest BCUT2D eigenvalue weighted by Gasteiger charge is 2.34. The van der Waals surface area contributed by atoms with Crippen LogP contribution in [-0.4, -0.2) is 63.7 Å². The summed E-state index contributed by atoms with van der Waals surface area (Å²) in [6.45, 7) is 3.33. The molecule has 2 unspecified atom stereocenters. The third-order valence-corrected chi connectivity index (χ3v) is 8.88. The zero-order chi connectivity index (χ0) is 28.4. The molecule has 3 aliphatic heterocycles. The number of hydrogen-bond donors (Lipinski definition) is 2. The molecule has 2 aromatic heterocycles. The Labute approximate surface area is 242 Å². The summed E-state index contributed by atoms with van der Waals surface area (Å²) in [5.41, 5.74) is 3.15. The minimum atomic E-state index is -0.563. The highest BCUT2D eigenvalue weighted by atomic mass is 19.1. The number of aromatic hydroxyl groups is 1. The minimum absolute atomic E-state index is 0.0492. The number of aromatic nitrogens is 3. The molecule has 0 radical (unpaired) electrons. The lowest BCUT2D eigenvalue weighted by Gasteiger charge is -2.34. The van der Waals surface area contributed by atoms with Gasteiger partial charge in [0.25, 0.3) is 0 Å². The van der Waals surface area contributed by atoms with E-state index in [0.29, 0.717) is 34.6 Å². The molecule has 3 aliphatic rings. The maximum absolute atomic E-state index is 16.6. The number of benzene rings is 3. The van der Waals surface area contributed by atoms with Gasteiger partial charge >= 0.3 is 6.01 Å². The predicted molar refractivity (Wildman–Crippen MR) is 161 cm³/mol. The van der Waals surface area contributed by atoms with Crippen LogP contribution in [0.4, 0.5) is 10.2 Å². The van der Waals surface area contributed by atoms with Crippen molar-refractivity contribution in [1.29, 1.82) is 0 Å². The molecule has 0 amide bonds. The topological polar surface area (TPSA) is 86.6 Å². The fraction of sp³-hybridized carbons (Fsp3) is 0.303. The highest BCUT2D eigenvalue weighted by molar-refractivity contribution is 5.99. The Morgan fingerprint density at radius 2 is 1.83 bits per heavy atom. The van der Waals surface area contributed by atoms with Gasteiger partial charge < -0.3 is 25.0 Å². The van der Waals surface area contributed by atoms with Crippen molar-refractivity contribution in [1.82, 2.24) is 25.2 Å². The molecule has 0 spiro atoms. The Balaban J connectivity index is 1.30. The van der Waals surface area contributed by atoms with Gasteiger partial charge in [-0.3, -0.25) is 4.98 Å². The number of rotatable bonds is 4. The van der Waals surface area contributed by atoms with Gasteiger partial charge in [0.1, 0.15) is 28.5 Å². The van der Waals surface area contributed by atoms with Crippen LogP contribution in [0.1, 0.15) is 24.0 Å². The van der Waals surface area contributed by atoms with E-state index in [1.165, 1.54) is 5.56 Å². The second-order valence-electron chi connectivity index (χ2n) is 11.8. The van der Waals surface area contributed by atoms with E-state index >= 15 is 4.39 Å². The maximum Gasteiger partial charge on any atom is 0.324 e. The molecule has 0 saturated carbocycles. The zero-order valence-electron chi connectivity index (χ0n) is 23.3. The molecule has 212 valence electrons. The molecule has 2 fully saturated rings. The smallest absolute Gasteiger partial charge is 0.324 e. The van der Waals surface area contributed by atoms with Crippen molar-refractivity contribution in [2.45, 2.75) is 37.9 Å². The van der Waals surface area contributed by atoms with Crippen LogP contribution in [0, 0.1) is 5.82 Å². The van der Waals surface area contributed by atoms with Crippen LogP contribution >= 0.6 is 0 Å². The van der Waals surface area contributed by atoms with Gasteiger partial charge in [-0.15, -0.1) is 0 Å². The minimum Gasteiger partial charge on any atom is -0.508 e. The van der Waals surface area contributed by atoms with E-state index in [0.717, 1.165) is 61.8 Å². The molecule has 8 nitrogen and oxygen atoms in total. The van der Waals surface area contributed by atoms with Crippen LogP contribution in [-0.2, 0) is 13.0 Å². The number of anilines is 1. The number of nitrogens with one attached hydrogen (secondary N) is 1. The van der Waals surface area contributed by atoms with Gasteiger partial charge in [-0.05, 0) is 60.8 Å². The first kappa shape index (κ1) is 25.4. The number of phenols is 1. The number of fused-ring (bicyclic) bond motifs is 5. The average molecular weight is 563 g/mol. The van der Waals surface area contributed by atoms with Crippen LogP contribution in [0.15, 0.2) is 60.8 Å². The van der Waals surface area contributed by atoms with Crippen LogP contribution in [0.2, 0.25) is 0 Å². The van der Waals surface area contributed by atoms with E-state index in [4.69, 9.17) is 9.72 Å². The van der Waals surface area contributed by atoms with E-state index in [-0.39, 0.29) is 23.0 Å². The molecule has 2 saturated heterocycles. The predicted octanol–water partition coefficient (Wildman–Crippen LogP) is 5.41. The molecule has 2 N–H and O–H groups in total. The van der Waals surface area contributed by atoms with Crippen LogP contribution in [0.3, 0.4) is 0 Å². The standard InChI is InChI=1S/C33H31FN6O2/c1-39-12-11-25-20(16-39)6-4-8-28(25)42-33-37-31-27(32(38-33)40-17-21-9-10-22(18-40)36-21)15-35-30(29(31)34)26-14-23(41)13-19-5-2-3-7-24(19)26/h2-8,13-15,21-22,36,41H,9-12,16-18H2,1H3. The van der Waals surface area contributed by atoms with Crippen LogP contribution < -0.4 is 15.0 Å². The fourth-order valence-corrected chi connectivity index (χ4v) is 6.87. The molecule has 0 aliphatic carbocycles. The summed E-state index contributed by atoms with van der Waals surface area (Å²) in [5.74, 6) is 0.830. The second-order valence-corrected chi connectivity index (χ2v) is 11.8. The Morgan fingerprint density at radius 3 is 2.69 bits per heavy atom. The first-order valence-electron chi connectivity index (χ1n) is 14.6. The van der Waals surface area contributed by atoms with Gasteiger partial charge in [0, 0.05) is 55.6 Å². The van der Waals surface area contributed by atoms with Crippen molar-refractivity contribution < 1.29 is 14.2 Å². The lowest BCUT2D eigenvalue weighted by Crippen LogP contribution is -2.51. The molecular weight excluding hydrogens is 531 g/mol. The molecule has 8 rings (SSSR count). The number of ether oxygens (including phenoxy) is 1. The molecule has 42 heavy (non-hydrogen) atoms. The van der Waals surface area contributed by atoms with E-state index < -0.39 is 5.82 Å². The molecule has 3 aromatic carbocycles. The summed E-state index contributed by atoms with van der Waals surface area (Å²) in [7, 11) is 2.11. The molecule has 9 heteroatoms. The number of likely N-dealkylation sites (N-methyl/N-ethyl adjacent to an activating group) is 1. The Kier molecular flexibility index (Phi) is 5.97. The average Bonchev–Trinajstić information content (AvgIpc) is 3.33. The lowest BCUT2D eigenvalue weighted by atomic mass is 9.99. The van der Waals surface area contributed by atoms with E-state index in [1.54, 1.807) is 18.3 Å². The lowest BCUT2D eigenvalue weighted by molar-refractivity contribution is 0.308. The summed E-state index contributed by atoms with van der Waals surface area (Å²) in [4.78, 5) is 18.7. The quantitative estimate of drug-likeness (QED) is 0.301. The second kappa shape index (κ2) is 9.89. The molecule has 2 atom stereocenters. The van der Waals surface area contributed by atoms with E-state index in [1.807, 2.05) is 36.4 Å². The first-order valence-corrected chi connectivity index (χ1v) is 14.6. The largest absolute Gasteiger partial charge is 0.508 e. The van der Waals surface area contributed by atoms with Crippen LogP contribution in [0.25, 0.3) is 32.9 Å².